The van der Waals surface area contributed by atoms with Gasteiger partial charge in [-0.2, -0.15) is 0 Å². The number of carbonyl (C=O) groups excluding carboxylic acids is 2. The van der Waals surface area contributed by atoms with E-state index in [0.29, 0.717) is 0 Å². The predicted molar refractivity (Wildman–Crippen MR) is 91.2 cm³/mol. The molecule has 5 unspecified atom stereocenters. The van der Waals surface area contributed by atoms with Crippen molar-refractivity contribution in [1.82, 2.24) is 0 Å². The second-order valence-electron chi connectivity index (χ2n) is 7.08. The molecular weight excluding hydrogens is 396 g/mol. The molecule has 2 heterocycles. The summed E-state index contributed by atoms with van der Waals surface area (Å²) >= 11 is 0. The third kappa shape index (κ3) is 5.83. The molecule has 0 spiro atoms. The summed E-state index contributed by atoms with van der Waals surface area (Å²) in [5.74, 6) is -1.25. The van der Waals surface area contributed by atoms with Crippen molar-refractivity contribution >= 4 is 11.9 Å². The van der Waals surface area contributed by atoms with Crippen LogP contribution in [-0.4, -0.2) is 112 Å². The Morgan fingerprint density at radius 1 is 0.759 bits per heavy atom. The number of hydrogen-bond donors (Lipinski definition) is 5. The number of aliphatic hydroxyl groups is 5. The van der Waals surface area contributed by atoms with Crippen molar-refractivity contribution in [2.75, 3.05) is 13.2 Å². The van der Waals surface area contributed by atoms with E-state index in [-0.39, 0.29) is 6.61 Å². The van der Waals surface area contributed by atoms with Crippen LogP contribution in [0.25, 0.3) is 0 Å². The van der Waals surface area contributed by atoms with Crippen molar-refractivity contribution < 1.29 is 58.8 Å². The van der Waals surface area contributed by atoms with Crippen LogP contribution in [0.5, 0.6) is 0 Å². The molecule has 2 rings (SSSR count). The lowest BCUT2D eigenvalue weighted by molar-refractivity contribution is -0.341. The first-order chi connectivity index (χ1) is 13.5. The van der Waals surface area contributed by atoms with Crippen molar-refractivity contribution in [3.63, 3.8) is 0 Å². The van der Waals surface area contributed by atoms with Gasteiger partial charge < -0.3 is 49.2 Å². The zero-order valence-electron chi connectivity index (χ0n) is 16.3. The van der Waals surface area contributed by atoms with E-state index in [1.807, 2.05) is 0 Å². The molecule has 0 bridgehead atoms. The summed E-state index contributed by atoms with van der Waals surface area (Å²) in [6.07, 6.45) is -13.8. The van der Waals surface area contributed by atoms with Gasteiger partial charge in [-0.05, 0) is 6.92 Å². The summed E-state index contributed by atoms with van der Waals surface area (Å²) in [5, 5.41) is 50.8. The molecule has 0 saturated carbocycles. The number of aliphatic hydroxyl groups excluding tert-OH is 5. The average molecular weight is 424 g/mol. The van der Waals surface area contributed by atoms with Crippen LogP contribution in [0.2, 0.25) is 0 Å². The molecule has 5 N–H and O–H groups in total. The van der Waals surface area contributed by atoms with Gasteiger partial charge in [0.1, 0.15) is 62.0 Å². The molecule has 0 aromatic heterocycles. The fourth-order valence-corrected chi connectivity index (χ4v) is 3.15. The zero-order valence-corrected chi connectivity index (χ0v) is 16.3. The first-order valence-electron chi connectivity index (χ1n) is 9.16. The quantitative estimate of drug-likeness (QED) is 0.270. The van der Waals surface area contributed by atoms with Gasteiger partial charge in [0.2, 0.25) is 0 Å². The van der Waals surface area contributed by atoms with Gasteiger partial charge in [0.25, 0.3) is 0 Å². The molecule has 0 aromatic rings. The Morgan fingerprint density at radius 2 is 1.31 bits per heavy atom. The van der Waals surface area contributed by atoms with Crippen molar-refractivity contribution in [2.24, 2.45) is 0 Å². The van der Waals surface area contributed by atoms with Crippen molar-refractivity contribution in [2.45, 2.75) is 82.0 Å². The summed E-state index contributed by atoms with van der Waals surface area (Å²) < 4.78 is 26.2. The van der Waals surface area contributed by atoms with E-state index in [4.69, 9.17) is 23.7 Å². The molecule has 29 heavy (non-hydrogen) atoms. The summed E-state index contributed by atoms with van der Waals surface area (Å²) in [4.78, 5) is 22.1. The number of carbonyl (C=O) groups is 2. The van der Waals surface area contributed by atoms with Crippen molar-refractivity contribution in [3.05, 3.63) is 0 Å². The van der Waals surface area contributed by atoms with Gasteiger partial charge >= 0.3 is 11.9 Å². The first kappa shape index (κ1) is 23.9. The maximum absolute atomic E-state index is 11.1. The van der Waals surface area contributed by atoms with Gasteiger partial charge in [-0.15, -0.1) is 0 Å². The number of hydrogen-bond acceptors (Lipinski definition) is 12. The second kappa shape index (κ2) is 10.1. The Kier molecular flexibility index (Phi) is 8.31. The van der Waals surface area contributed by atoms with Crippen LogP contribution in [0.3, 0.4) is 0 Å². The van der Waals surface area contributed by atoms with Crippen molar-refractivity contribution in [3.8, 4) is 0 Å². The van der Waals surface area contributed by atoms with E-state index in [0.717, 1.165) is 6.92 Å². The summed E-state index contributed by atoms with van der Waals surface area (Å²) in [6, 6.07) is 0. The monoisotopic (exact) mass is 424 g/mol. The highest BCUT2D eigenvalue weighted by Crippen LogP contribution is 2.29. The lowest BCUT2D eigenvalue weighted by Crippen LogP contribution is -2.64. The fraction of sp³-hybridized carbons (Fsp3) is 0.882. The molecule has 0 aliphatic carbocycles. The number of ether oxygens (including phenoxy) is 5. The first-order valence-corrected chi connectivity index (χ1v) is 9.16. The molecule has 2 aliphatic rings. The standard InChI is InChI=1S/C17H28O12/c1-6-11(20)14(23)16(10(27-6)5-26-8(3)19)29-17-15(24)13(22)12(21)9(28-17)4-25-7(2)18/h6,9-17,20-24H,4-5H2,1-3H3/t6?,9?,10?,11-,12-,13?,14?,15+,16-,17+/m1/s1. The van der Waals surface area contributed by atoms with E-state index in [1.54, 1.807) is 0 Å². The Hall–Kier alpha value is -1.38. The van der Waals surface area contributed by atoms with E-state index >= 15 is 0 Å². The van der Waals surface area contributed by atoms with Crippen LogP contribution in [0.4, 0.5) is 0 Å². The minimum absolute atomic E-state index is 0.307. The Labute approximate surface area is 166 Å². The maximum Gasteiger partial charge on any atom is 0.302 e. The lowest BCUT2D eigenvalue weighted by atomic mass is 9.95. The Morgan fingerprint density at radius 3 is 1.86 bits per heavy atom. The van der Waals surface area contributed by atoms with Crippen molar-refractivity contribution in [1.29, 1.82) is 0 Å². The highest BCUT2D eigenvalue weighted by molar-refractivity contribution is 5.66. The summed E-state index contributed by atoms with van der Waals surface area (Å²) in [7, 11) is 0. The smallest absolute Gasteiger partial charge is 0.302 e. The van der Waals surface area contributed by atoms with E-state index < -0.39 is 79.8 Å². The Balaban J connectivity index is 2.14. The molecule has 10 atom stereocenters. The fourth-order valence-electron chi connectivity index (χ4n) is 3.15. The molecule has 0 radical (unpaired) electrons. The molecule has 12 heteroatoms. The predicted octanol–water partition coefficient (Wildman–Crippen LogP) is -3.19. The maximum atomic E-state index is 11.1. The third-order valence-electron chi connectivity index (χ3n) is 4.78. The topological polar surface area (TPSA) is 181 Å². The van der Waals surface area contributed by atoms with Gasteiger partial charge in [-0.3, -0.25) is 9.59 Å². The third-order valence-corrected chi connectivity index (χ3v) is 4.78. The normalized spacial score (nSPS) is 42.9. The summed E-state index contributed by atoms with van der Waals surface area (Å²) in [6.45, 7) is 3.11. The second-order valence-corrected chi connectivity index (χ2v) is 7.08. The van der Waals surface area contributed by atoms with Gasteiger partial charge in [0, 0.05) is 13.8 Å². The number of rotatable bonds is 6. The highest BCUT2D eigenvalue weighted by atomic mass is 16.7. The van der Waals surface area contributed by atoms with Crippen LogP contribution in [0.15, 0.2) is 0 Å². The summed E-state index contributed by atoms with van der Waals surface area (Å²) in [5.41, 5.74) is 0. The molecule has 0 amide bonds. The highest BCUT2D eigenvalue weighted by Gasteiger charge is 2.50. The van der Waals surface area contributed by atoms with Crippen LogP contribution in [-0.2, 0) is 33.3 Å². The van der Waals surface area contributed by atoms with E-state index in [2.05, 4.69) is 0 Å². The van der Waals surface area contributed by atoms with E-state index in [9.17, 15) is 35.1 Å². The molecule has 12 nitrogen and oxygen atoms in total. The van der Waals surface area contributed by atoms with Gasteiger partial charge in [0.05, 0.1) is 6.10 Å². The molecular formula is C17H28O12. The minimum Gasteiger partial charge on any atom is -0.463 e. The van der Waals surface area contributed by atoms with Crippen LogP contribution >= 0.6 is 0 Å². The average Bonchev–Trinajstić information content (AvgIpc) is 2.65. The van der Waals surface area contributed by atoms with Gasteiger partial charge in [0.15, 0.2) is 6.29 Å². The van der Waals surface area contributed by atoms with Crippen LogP contribution in [0.1, 0.15) is 20.8 Å². The van der Waals surface area contributed by atoms with E-state index in [1.165, 1.54) is 13.8 Å². The van der Waals surface area contributed by atoms with Crippen LogP contribution in [0, 0.1) is 0 Å². The number of esters is 2. The largest absolute Gasteiger partial charge is 0.463 e. The minimum atomic E-state index is -1.73. The SMILES string of the molecule is CC(=O)OCC1O[C@@H](O[C@@H]2C(COC(C)=O)OC(C)[C@@H](O)C2O)[C@@H](O)C(O)[C@@H]1O. The van der Waals surface area contributed by atoms with Gasteiger partial charge in [-0.25, -0.2) is 0 Å². The lowest BCUT2D eigenvalue weighted by Gasteiger charge is -2.45. The molecule has 2 fully saturated rings. The molecule has 2 saturated heterocycles. The molecule has 2 aliphatic heterocycles. The zero-order chi connectivity index (χ0) is 21.9. The molecule has 0 aromatic carbocycles. The van der Waals surface area contributed by atoms with Gasteiger partial charge in [-0.1, -0.05) is 0 Å². The van der Waals surface area contributed by atoms with Crippen LogP contribution < -0.4 is 0 Å². The molecule has 168 valence electrons. The Bertz CT molecular complexity index is 571.